The molecule has 1 aromatic rings. The van der Waals surface area contributed by atoms with Crippen molar-refractivity contribution in [1.82, 2.24) is 10.2 Å². The lowest BCUT2D eigenvalue weighted by atomic mass is 9.77. The minimum Gasteiger partial charge on any atom is -0.375 e. The van der Waals surface area contributed by atoms with E-state index < -0.39 is 0 Å². The first-order valence-electron chi connectivity index (χ1n) is 7.03. The molecule has 0 bridgehead atoms. The molecule has 2 aliphatic rings. The van der Waals surface area contributed by atoms with E-state index in [1.54, 1.807) is 12.4 Å². The summed E-state index contributed by atoms with van der Waals surface area (Å²) in [6.45, 7) is 0.849. The van der Waals surface area contributed by atoms with E-state index in [0.717, 1.165) is 25.0 Å². The summed E-state index contributed by atoms with van der Waals surface area (Å²) >= 11 is 2.04. The predicted molar refractivity (Wildman–Crippen MR) is 76.9 cm³/mol. The third-order valence-electron chi connectivity index (χ3n) is 4.44. The highest BCUT2D eigenvalue weighted by molar-refractivity contribution is 7.99. The number of thioether (sulfide) groups is 1. The van der Waals surface area contributed by atoms with E-state index >= 15 is 0 Å². The van der Waals surface area contributed by atoms with Crippen molar-refractivity contribution in [2.24, 2.45) is 11.7 Å². The van der Waals surface area contributed by atoms with Gasteiger partial charge in [0.15, 0.2) is 0 Å². The molecule has 0 saturated carbocycles. The van der Waals surface area contributed by atoms with E-state index in [4.69, 9.17) is 10.5 Å². The van der Waals surface area contributed by atoms with Crippen molar-refractivity contribution in [2.75, 3.05) is 18.1 Å². The Bertz CT molecular complexity index is 403. The first-order chi connectivity index (χ1) is 9.29. The molecule has 4 nitrogen and oxygen atoms in total. The largest absolute Gasteiger partial charge is 0.375 e. The maximum absolute atomic E-state index is 6.43. The summed E-state index contributed by atoms with van der Waals surface area (Å²) in [6, 6.07) is 2.04. The quantitative estimate of drug-likeness (QED) is 0.899. The van der Waals surface area contributed by atoms with Gasteiger partial charge in [-0.25, -0.2) is 0 Å². The molecule has 0 radical (unpaired) electrons. The Hall–Kier alpha value is -0.650. The van der Waals surface area contributed by atoms with E-state index in [1.165, 1.54) is 24.3 Å². The van der Waals surface area contributed by atoms with Crippen molar-refractivity contribution < 1.29 is 4.74 Å². The zero-order valence-corrected chi connectivity index (χ0v) is 11.9. The number of rotatable bonds is 2. The average molecular weight is 279 g/mol. The van der Waals surface area contributed by atoms with Gasteiger partial charge in [0.1, 0.15) is 0 Å². The number of hydrogen-bond donors (Lipinski definition) is 1. The van der Waals surface area contributed by atoms with Gasteiger partial charge in [0.2, 0.25) is 0 Å². The van der Waals surface area contributed by atoms with Crippen LogP contribution < -0.4 is 5.73 Å². The maximum atomic E-state index is 6.43. The zero-order chi connectivity index (χ0) is 13.1. The van der Waals surface area contributed by atoms with Crippen molar-refractivity contribution in [3.8, 4) is 0 Å². The molecule has 104 valence electrons. The van der Waals surface area contributed by atoms with Gasteiger partial charge in [-0.15, -0.1) is 0 Å². The summed E-state index contributed by atoms with van der Waals surface area (Å²) in [5.41, 5.74) is 7.63. The molecule has 1 aromatic heterocycles. The number of ether oxygens (including phenoxy) is 1. The van der Waals surface area contributed by atoms with Gasteiger partial charge in [-0.1, -0.05) is 0 Å². The second-order valence-corrected chi connectivity index (χ2v) is 6.82. The molecule has 19 heavy (non-hydrogen) atoms. The molecule has 0 aliphatic carbocycles. The Labute approximate surface area is 118 Å². The zero-order valence-electron chi connectivity index (χ0n) is 11.1. The Morgan fingerprint density at radius 3 is 2.95 bits per heavy atom. The third kappa shape index (κ3) is 2.93. The first kappa shape index (κ1) is 13.3. The molecule has 0 aromatic carbocycles. The molecule has 2 atom stereocenters. The summed E-state index contributed by atoms with van der Waals surface area (Å²) in [6.07, 6.45) is 8.02. The van der Waals surface area contributed by atoms with Gasteiger partial charge in [0.05, 0.1) is 11.8 Å². The Morgan fingerprint density at radius 2 is 2.21 bits per heavy atom. The molecule has 2 N–H and O–H groups in total. The molecule has 2 aliphatic heterocycles. The lowest BCUT2D eigenvalue weighted by Crippen LogP contribution is -2.45. The molecule has 0 amide bonds. The fraction of sp³-hybridized carbons (Fsp3) is 0.714. The molecule has 3 heterocycles. The van der Waals surface area contributed by atoms with Crippen molar-refractivity contribution in [3.05, 3.63) is 24.0 Å². The van der Waals surface area contributed by atoms with Crippen LogP contribution in [0.25, 0.3) is 0 Å². The number of nitrogens with zero attached hydrogens (tertiary/aromatic N) is 2. The van der Waals surface area contributed by atoms with Crippen LogP contribution in [0.3, 0.4) is 0 Å². The van der Waals surface area contributed by atoms with E-state index in [9.17, 15) is 0 Å². The molecule has 1 spiro atoms. The summed E-state index contributed by atoms with van der Waals surface area (Å²) < 4.78 is 6.13. The van der Waals surface area contributed by atoms with Gasteiger partial charge in [-0.3, -0.25) is 0 Å². The first-order valence-corrected chi connectivity index (χ1v) is 8.18. The normalized spacial score (nSPS) is 28.2. The van der Waals surface area contributed by atoms with Gasteiger partial charge in [-0.05, 0) is 54.7 Å². The number of nitrogens with two attached hydrogens (primary N) is 1. The second kappa shape index (κ2) is 5.77. The van der Waals surface area contributed by atoms with Crippen LogP contribution in [0.4, 0.5) is 0 Å². The monoisotopic (exact) mass is 279 g/mol. The SMILES string of the molecule is NC(c1ccnnc1)C1CCOC2(CCSCC2)C1. The van der Waals surface area contributed by atoms with E-state index in [2.05, 4.69) is 10.2 Å². The molecule has 2 unspecified atom stereocenters. The van der Waals surface area contributed by atoms with Gasteiger partial charge < -0.3 is 10.5 Å². The molecular formula is C14H21N3OS. The van der Waals surface area contributed by atoms with E-state index in [-0.39, 0.29) is 11.6 Å². The molecule has 2 fully saturated rings. The van der Waals surface area contributed by atoms with Crippen molar-refractivity contribution >= 4 is 11.8 Å². The van der Waals surface area contributed by atoms with Crippen molar-refractivity contribution in [1.29, 1.82) is 0 Å². The highest BCUT2D eigenvalue weighted by atomic mass is 32.2. The van der Waals surface area contributed by atoms with Crippen LogP contribution in [0.2, 0.25) is 0 Å². The minimum absolute atomic E-state index is 0.0610. The highest BCUT2D eigenvalue weighted by Gasteiger charge is 2.40. The van der Waals surface area contributed by atoms with Crippen LogP contribution in [0.1, 0.15) is 37.3 Å². The number of hydrogen-bond acceptors (Lipinski definition) is 5. The highest BCUT2D eigenvalue weighted by Crippen LogP contribution is 2.42. The number of aromatic nitrogens is 2. The molecule has 3 rings (SSSR count). The van der Waals surface area contributed by atoms with E-state index in [0.29, 0.717) is 5.92 Å². The van der Waals surface area contributed by atoms with Crippen LogP contribution in [0, 0.1) is 5.92 Å². The summed E-state index contributed by atoms with van der Waals surface area (Å²) in [4.78, 5) is 0. The van der Waals surface area contributed by atoms with E-state index in [1.807, 2.05) is 17.8 Å². The smallest absolute Gasteiger partial charge is 0.0701 e. The lowest BCUT2D eigenvalue weighted by molar-refractivity contribution is -0.105. The van der Waals surface area contributed by atoms with Gasteiger partial charge >= 0.3 is 0 Å². The second-order valence-electron chi connectivity index (χ2n) is 5.60. The van der Waals surface area contributed by atoms with Crippen LogP contribution in [-0.2, 0) is 4.74 Å². The summed E-state index contributed by atoms with van der Waals surface area (Å²) in [7, 11) is 0. The topological polar surface area (TPSA) is 61.0 Å². The Kier molecular flexibility index (Phi) is 4.05. The fourth-order valence-electron chi connectivity index (χ4n) is 3.23. The maximum Gasteiger partial charge on any atom is 0.0701 e. The third-order valence-corrected chi connectivity index (χ3v) is 5.42. The van der Waals surface area contributed by atoms with Gasteiger partial charge in [0, 0.05) is 18.8 Å². The van der Waals surface area contributed by atoms with Crippen LogP contribution >= 0.6 is 11.8 Å². The van der Waals surface area contributed by atoms with Crippen molar-refractivity contribution in [3.63, 3.8) is 0 Å². The molecule has 2 saturated heterocycles. The fourth-order valence-corrected chi connectivity index (χ4v) is 4.47. The molecule has 5 heteroatoms. The predicted octanol–water partition coefficient (Wildman–Crippen LogP) is 2.17. The van der Waals surface area contributed by atoms with Crippen molar-refractivity contribution in [2.45, 2.75) is 37.3 Å². The summed E-state index contributed by atoms with van der Waals surface area (Å²) in [5, 5.41) is 7.76. The van der Waals surface area contributed by atoms with Gasteiger partial charge in [0.25, 0.3) is 0 Å². The lowest BCUT2D eigenvalue weighted by Gasteiger charge is -2.44. The standard InChI is InChI=1S/C14H21N3OS/c15-13(12-1-5-16-17-10-12)11-2-6-18-14(9-11)3-7-19-8-4-14/h1,5,10-11,13H,2-4,6-9,15H2. The minimum atomic E-state index is 0.0610. The average Bonchev–Trinajstić information content (AvgIpc) is 2.48. The Balaban J connectivity index is 1.71. The van der Waals surface area contributed by atoms with Crippen LogP contribution in [0.5, 0.6) is 0 Å². The van der Waals surface area contributed by atoms with Crippen LogP contribution in [-0.4, -0.2) is 33.9 Å². The van der Waals surface area contributed by atoms with Crippen LogP contribution in [0.15, 0.2) is 18.5 Å². The molecular weight excluding hydrogens is 258 g/mol. The van der Waals surface area contributed by atoms with Gasteiger partial charge in [-0.2, -0.15) is 22.0 Å². The Morgan fingerprint density at radius 1 is 1.37 bits per heavy atom. The summed E-state index contributed by atoms with van der Waals surface area (Å²) in [5.74, 6) is 2.94.